The van der Waals surface area contributed by atoms with E-state index in [1.165, 1.54) is 6.33 Å². The number of carbonyl (C=O) groups excluding carboxylic acids is 1. The minimum atomic E-state index is -0.185. The second-order valence-corrected chi connectivity index (χ2v) is 4.52. The van der Waals surface area contributed by atoms with Crippen LogP contribution in [0.2, 0.25) is 0 Å². The van der Waals surface area contributed by atoms with Gasteiger partial charge in [-0.1, -0.05) is 27.7 Å². The molecule has 88 valence electrons. The summed E-state index contributed by atoms with van der Waals surface area (Å²) in [4.78, 5) is 19.9. The summed E-state index contributed by atoms with van der Waals surface area (Å²) in [6, 6.07) is 1.58. The van der Waals surface area contributed by atoms with E-state index in [4.69, 9.17) is 0 Å². The fraction of sp³-hybridized carbons (Fsp3) is 0.583. The van der Waals surface area contributed by atoms with E-state index >= 15 is 0 Å². The summed E-state index contributed by atoms with van der Waals surface area (Å²) in [7, 11) is 0. The molecule has 4 nitrogen and oxygen atoms in total. The maximum Gasteiger partial charge on any atom is 0.157 e. The number of anilines is 1. The lowest BCUT2D eigenvalue weighted by molar-refractivity contribution is -0.123. The van der Waals surface area contributed by atoms with Crippen LogP contribution in [0, 0.1) is 11.8 Å². The average molecular weight is 221 g/mol. The predicted octanol–water partition coefficient (Wildman–Crippen LogP) is 2.14. The Bertz CT molecular complexity index is 335. The SMILES string of the molecule is CC(C)C(=O)[C@@H](Nc1ccncn1)C(C)C. The summed E-state index contributed by atoms with van der Waals surface area (Å²) in [5.41, 5.74) is 0. The summed E-state index contributed by atoms with van der Waals surface area (Å²) < 4.78 is 0. The monoisotopic (exact) mass is 221 g/mol. The number of nitrogens with zero attached hydrogens (tertiary/aromatic N) is 2. The van der Waals surface area contributed by atoms with Gasteiger partial charge in [-0.2, -0.15) is 0 Å². The Morgan fingerprint density at radius 1 is 1.31 bits per heavy atom. The lowest BCUT2D eigenvalue weighted by atomic mass is 9.93. The highest BCUT2D eigenvalue weighted by molar-refractivity contribution is 5.88. The van der Waals surface area contributed by atoms with Crippen molar-refractivity contribution >= 4 is 11.6 Å². The molecule has 0 saturated heterocycles. The lowest BCUT2D eigenvalue weighted by Crippen LogP contribution is -2.37. The van der Waals surface area contributed by atoms with Gasteiger partial charge in [0.25, 0.3) is 0 Å². The molecule has 1 aromatic heterocycles. The third kappa shape index (κ3) is 3.29. The number of hydrogen-bond acceptors (Lipinski definition) is 4. The molecule has 0 saturated carbocycles. The van der Waals surface area contributed by atoms with Crippen LogP contribution in [-0.2, 0) is 4.79 Å². The molecule has 1 atom stereocenters. The Balaban J connectivity index is 2.77. The molecule has 0 aromatic carbocycles. The fourth-order valence-corrected chi connectivity index (χ4v) is 1.46. The van der Waals surface area contributed by atoms with Crippen molar-refractivity contribution in [2.45, 2.75) is 33.7 Å². The minimum Gasteiger partial charge on any atom is -0.360 e. The van der Waals surface area contributed by atoms with Crippen molar-refractivity contribution in [3.05, 3.63) is 18.6 Å². The first-order valence-corrected chi connectivity index (χ1v) is 5.58. The molecule has 1 aromatic rings. The van der Waals surface area contributed by atoms with E-state index in [2.05, 4.69) is 15.3 Å². The van der Waals surface area contributed by atoms with Crippen LogP contribution in [-0.4, -0.2) is 21.8 Å². The first-order valence-electron chi connectivity index (χ1n) is 5.58. The standard InChI is InChI=1S/C12H19N3O/c1-8(2)11(12(16)9(3)4)15-10-5-6-13-7-14-10/h5-9,11H,1-4H3,(H,13,14,15)/t11-/m0/s1. The molecule has 0 unspecified atom stereocenters. The van der Waals surface area contributed by atoms with Crippen molar-refractivity contribution in [1.29, 1.82) is 0 Å². The van der Waals surface area contributed by atoms with E-state index in [-0.39, 0.29) is 23.7 Å². The van der Waals surface area contributed by atoms with Crippen LogP contribution in [0.4, 0.5) is 5.82 Å². The van der Waals surface area contributed by atoms with Crippen LogP contribution in [0.15, 0.2) is 18.6 Å². The van der Waals surface area contributed by atoms with Crippen molar-refractivity contribution in [3.63, 3.8) is 0 Å². The maximum atomic E-state index is 12.0. The Kier molecular flexibility index (Phi) is 4.40. The number of hydrogen-bond donors (Lipinski definition) is 1. The molecule has 0 fully saturated rings. The van der Waals surface area contributed by atoms with E-state index in [9.17, 15) is 4.79 Å². The molecule has 0 spiro atoms. The maximum absolute atomic E-state index is 12.0. The topological polar surface area (TPSA) is 54.9 Å². The van der Waals surface area contributed by atoms with Crippen LogP contribution < -0.4 is 5.32 Å². The molecule has 0 radical (unpaired) electrons. The normalized spacial score (nSPS) is 12.9. The summed E-state index contributed by atoms with van der Waals surface area (Å²) in [5, 5.41) is 3.16. The van der Waals surface area contributed by atoms with Crippen molar-refractivity contribution in [1.82, 2.24) is 9.97 Å². The van der Waals surface area contributed by atoms with Gasteiger partial charge in [-0.05, 0) is 12.0 Å². The van der Waals surface area contributed by atoms with Crippen molar-refractivity contribution < 1.29 is 4.79 Å². The minimum absolute atomic E-state index is 0.0294. The van der Waals surface area contributed by atoms with Crippen LogP contribution in [0.1, 0.15) is 27.7 Å². The van der Waals surface area contributed by atoms with E-state index < -0.39 is 0 Å². The number of rotatable bonds is 5. The highest BCUT2D eigenvalue weighted by Gasteiger charge is 2.24. The van der Waals surface area contributed by atoms with Gasteiger partial charge in [0.05, 0.1) is 6.04 Å². The molecule has 0 aliphatic carbocycles. The molecule has 0 aliphatic heterocycles. The summed E-state index contributed by atoms with van der Waals surface area (Å²) in [6.45, 7) is 7.89. The van der Waals surface area contributed by atoms with Gasteiger partial charge in [0, 0.05) is 12.1 Å². The van der Waals surface area contributed by atoms with E-state index in [0.717, 1.165) is 0 Å². The summed E-state index contributed by atoms with van der Waals surface area (Å²) in [6.07, 6.45) is 3.13. The fourth-order valence-electron chi connectivity index (χ4n) is 1.46. The van der Waals surface area contributed by atoms with Crippen LogP contribution in [0.3, 0.4) is 0 Å². The smallest absolute Gasteiger partial charge is 0.157 e. The second-order valence-electron chi connectivity index (χ2n) is 4.52. The Hall–Kier alpha value is -1.45. The van der Waals surface area contributed by atoms with Gasteiger partial charge in [-0.25, -0.2) is 9.97 Å². The Morgan fingerprint density at radius 2 is 2.00 bits per heavy atom. The van der Waals surface area contributed by atoms with Crippen LogP contribution >= 0.6 is 0 Å². The van der Waals surface area contributed by atoms with Gasteiger partial charge in [-0.3, -0.25) is 4.79 Å². The quantitative estimate of drug-likeness (QED) is 0.827. The second kappa shape index (κ2) is 5.58. The summed E-state index contributed by atoms with van der Waals surface area (Å²) >= 11 is 0. The molecule has 16 heavy (non-hydrogen) atoms. The van der Waals surface area contributed by atoms with Gasteiger partial charge < -0.3 is 5.32 Å². The molecule has 1 heterocycles. The van der Waals surface area contributed by atoms with Crippen LogP contribution in [0.5, 0.6) is 0 Å². The Labute approximate surface area is 96.5 Å². The van der Waals surface area contributed by atoms with Gasteiger partial charge in [0.15, 0.2) is 5.78 Å². The van der Waals surface area contributed by atoms with Crippen LogP contribution in [0.25, 0.3) is 0 Å². The van der Waals surface area contributed by atoms with Crippen molar-refractivity contribution in [3.8, 4) is 0 Å². The zero-order chi connectivity index (χ0) is 12.1. The zero-order valence-corrected chi connectivity index (χ0v) is 10.3. The predicted molar refractivity (Wildman–Crippen MR) is 64.1 cm³/mol. The molecule has 0 amide bonds. The van der Waals surface area contributed by atoms with Gasteiger partial charge in [-0.15, -0.1) is 0 Å². The van der Waals surface area contributed by atoms with Gasteiger partial charge in [0.2, 0.25) is 0 Å². The number of carbonyl (C=O) groups is 1. The molecule has 1 N–H and O–H groups in total. The zero-order valence-electron chi connectivity index (χ0n) is 10.3. The third-order valence-electron chi connectivity index (χ3n) is 2.43. The van der Waals surface area contributed by atoms with Crippen molar-refractivity contribution in [2.75, 3.05) is 5.32 Å². The average Bonchev–Trinajstić information content (AvgIpc) is 2.26. The van der Waals surface area contributed by atoms with Gasteiger partial charge in [0.1, 0.15) is 12.1 Å². The number of Topliss-reactive ketones (excluding diaryl/α,β-unsaturated/α-hetero) is 1. The molecule has 1 rings (SSSR count). The first kappa shape index (κ1) is 12.6. The molecular weight excluding hydrogens is 202 g/mol. The first-order chi connectivity index (χ1) is 7.52. The molecule has 0 aliphatic rings. The summed E-state index contributed by atoms with van der Waals surface area (Å²) in [5.74, 6) is 1.18. The molecule has 4 heteroatoms. The molecular formula is C12H19N3O. The highest BCUT2D eigenvalue weighted by atomic mass is 16.1. The number of ketones is 1. The van der Waals surface area contributed by atoms with E-state index in [1.807, 2.05) is 27.7 Å². The lowest BCUT2D eigenvalue weighted by Gasteiger charge is -2.23. The molecule has 0 bridgehead atoms. The number of nitrogens with one attached hydrogen (secondary N) is 1. The van der Waals surface area contributed by atoms with Crippen molar-refractivity contribution in [2.24, 2.45) is 11.8 Å². The Morgan fingerprint density at radius 3 is 2.44 bits per heavy atom. The highest BCUT2D eigenvalue weighted by Crippen LogP contribution is 2.14. The third-order valence-corrected chi connectivity index (χ3v) is 2.43. The van der Waals surface area contributed by atoms with E-state index in [1.54, 1.807) is 12.3 Å². The largest absolute Gasteiger partial charge is 0.360 e. The van der Waals surface area contributed by atoms with Gasteiger partial charge >= 0.3 is 0 Å². The number of aromatic nitrogens is 2. The van der Waals surface area contributed by atoms with E-state index in [0.29, 0.717) is 5.82 Å².